The number of carboxylic acids is 1. The largest absolute Gasteiger partial charge is 0.481 e. The average molecular weight is 211 g/mol. The molecule has 1 aliphatic rings. The van der Waals surface area contributed by atoms with Gasteiger partial charge in [0.05, 0.1) is 11.8 Å². The van der Waals surface area contributed by atoms with Crippen LogP contribution in [0.2, 0.25) is 0 Å². The van der Waals surface area contributed by atoms with Crippen LogP contribution in [0, 0.1) is 11.8 Å². The molecule has 0 aromatic rings. The minimum atomic E-state index is -4.46. The molecule has 4 nitrogen and oxygen atoms in total. The summed E-state index contributed by atoms with van der Waals surface area (Å²) in [5.74, 6) is -3.59. The summed E-state index contributed by atoms with van der Waals surface area (Å²) < 4.78 is 34.9. The van der Waals surface area contributed by atoms with Crippen LogP contribution in [0.4, 0.5) is 13.2 Å². The van der Waals surface area contributed by atoms with E-state index >= 15 is 0 Å². The summed E-state index contributed by atoms with van der Waals surface area (Å²) in [5, 5.41) is 10.0. The zero-order chi connectivity index (χ0) is 10.9. The Morgan fingerprint density at radius 3 is 2.29 bits per heavy atom. The molecule has 0 spiro atoms. The minimum Gasteiger partial charge on any atom is -0.481 e. The highest BCUT2D eigenvalue weighted by Gasteiger charge is 2.48. The zero-order valence-electron chi connectivity index (χ0n) is 6.97. The van der Waals surface area contributed by atoms with E-state index in [9.17, 15) is 22.8 Å². The molecule has 2 N–H and O–H groups in total. The van der Waals surface area contributed by atoms with Gasteiger partial charge in [0.2, 0.25) is 5.91 Å². The number of nitrogens with one attached hydrogen (secondary N) is 1. The molecule has 1 aliphatic carbocycles. The highest BCUT2D eigenvalue weighted by Crippen LogP contribution is 2.38. The van der Waals surface area contributed by atoms with E-state index in [4.69, 9.17) is 5.11 Å². The van der Waals surface area contributed by atoms with Gasteiger partial charge in [-0.2, -0.15) is 13.2 Å². The quantitative estimate of drug-likeness (QED) is 0.709. The predicted octanol–water partition coefficient (Wildman–Crippen LogP) is 0.386. The smallest absolute Gasteiger partial charge is 0.405 e. The lowest BCUT2D eigenvalue weighted by atomic mass is 10.3. The molecule has 14 heavy (non-hydrogen) atoms. The van der Waals surface area contributed by atoms with Gasteiger partial charge in [0.25, 0.3) is 0 Å². The van der Waals surface area contributed by atoms with Crippen LogP contribution in [0.15, 0.2) is 0 Å². The van der Waals surface area contributed by atoms with Crippen LogP contribution in [0.3, 0.4) is 0 Å². The van der Waals surface area contributed by atoms with E-state index in [1.165, 1.54) is 0 Å². The Kier molecular flexibility index (Phi) is 2.68. The van der Waals surface area contributed by atoms with Crippen LogP contribution >= 0.6 is 0 Å². The van der Waals surface area contributed by atoms with E-state index in [0.717, 1.165) is 0 Å². The predicted molar refractivity (Wildman–Crippen MR) is 38.3 cm³/mol. The van der Waals surface area contributed by atoms with Gasteiger partial charge in [0, 0.05) is 0 Å². The topological polar surface area (TPSA) is 66.4 Å². The highest BCUT2D eigenvalue weighted by molar-refractivity contribution is 5.89. The molecule has 0 unspecified atom stereocenters. The highest BCUT2D eigenvalue weighted by atomic mass is 19.4. The number of amides is 1. The summed E-state index contributed by atoms with van der Waals surface area (Å²) in [7, 11) is 0. The van der Waals surface area contributed by atoms with Crippen molar-refractivity contribution in [3.05, 3.63) is 0 Å². The summed E-state index contributed by atoms with van der Waals surface area (Å²) >= 11 is 0. The van der Waals surface area contributed by atoms with Crippen LogP contribution in [-0.2, 0) is 9.59 Å². The number of alkyl halides is 3. The molecule has 0 saturated heterocycles. The van der Waals surface area contributed by atoms with Crippen LogP contribution in [0.5, 0.6) is 0 Å². The maximum atomic E-state index is 11.6. The number of carboxylic acid groups (broad SMARTS) is 1. The Bertz CT molecular complexity index is 263. The number of aliphatic carboxylic acids is 1. The minimum absolute atomic E-state index is 0.124. The first-order valence-corrected chi connectivity index (χ1v) is 3.88. The summed E-state index contributed by atoms with van der Waals surface area (Å²) in [4.78, 5) is 21.2. The molecule has 80 valence electrons. The SMILES string of the molecule is O=C(O)[C@H]1C[C@H]1C(=O)NCC(F)(F)F. The van der Waals surface area contributed by atoms with Crippen LogP contribution in [0.1, 0.15) is 6.42 Å². The van der Waals surface area contributed by atoms with Crippen molar-refractivity contribution in [2.75, 3.05) is 6.54 Å². The lowest BCUT2D eigenvalue weighted by Crippen LogP contribution is -2.35. The summed E-state index contributed by atoms with van der Waals surface area (Å²) in [6.07, 6.45) is -4.33. The second-order valence-electron chi connectivity index (χ2n) is 3.12. The van der Waals surface area contributed by atoms with Crippen LogP contribution < -0.4 is 5.32 Å². The molecule has 2 atom stereocenters. The first-order chi connectivity index (χ1) is 6.31. The fraction of sp³-hybridized carbons (Fsp3) is 0.714. The molecule has 0 bridgehead atoms. The van der Waals surface area contributed by atoms with Crippen molar-refractivity contribution in [2.24, 2.45) is 11.8 Å². The van der Waals surface area contributed by atoms with Crippen LogP contribution in [0.25, 0.3) is 0 Å². The monoisotopic (exact) mass is 211 g/mol. The first kappa shape index (κ1) is 10.8. The number of rotatable bonds is 3. The van der Waals surface area contributed by atoms with E-state index in [1.807, 2.05) is 0 Å². The number of hydrogen-bond acceptors (Lipinski definition) is 2. The summed E-state index contributed by atoms with van der Waals surface area (Å²) in [6.45, 7) is -1.41. The Morgan fingerprint density at radius 2 is 1.93 bits per heavy atom. The number of carbonyl (C=O) groups excluding carboxylic acids is 1. The molecule has 0 heterocycles. The number of carbonyl (C=O) groups is 2. The van der Waals surface area contributed by atoms with Crippen molar-refractivity contribution in [1.29, 1.82) is 0 Å². The molecule has 1 saturated carbocycles. The van der Waals surface area contributed by atoms with E-state index in [0.29, 0.717) is 0 Å². The van der Waals surface area contributed by atoms with Gasteiger partial charge in [0.1, 0.15) is 6.54 Å². The first-order valence-electron chi connectivity index (χ1n) is 3.88. The molecule has 1 rings (SSSR count). The summed E-state index contributed by atoms with van der Waals surface area (Å²) in [5.41, 5.74) is 0. The summed E-state index contributed by atoms with van der Waals surface area (Å²) in [6, 6.07) is 0. The normalized spacial score (nSPS) is 25.6. The van der Waals surface area contributed by atoms with Crippen molar-refractivity contribution < 1.29 is 27.9 Å². The Labute approximate surface area is 77.1 Å². The van der Waals surface area contributed by atoms with E-state index in [2.05, 4.69) is 0 Å². The van der Waals surface area contributed by atoms with E-state index < -0.39 is 36.4 Å². The zero-order valence-corrected chi connectivity index (χ0v) is 6.97. The lowest BCUT2D eigenvalue weighted by Gasteiger charge is -2.07. The van der Waals surface area contributed by atoms with Gasteiger partial charge >= 0.3 is 12.1 Å². The van der Waals surface area contributed by atoms with Crippen molar-refractivity contribution >= 4 is 11.9 Å². The average Bonchev–Trinajstić information content (AvgIpc) is 2.77. The maximum Gasteiger partial charge on any atom is 0.405 e. The Balaban J connectivity index is 2.29. The third-order valence-electron chi connectivity index (χ3n) is 1.91. The van der Waals surface area contributed by atoms with Gasteiger partial charge in [0.15, 0.2) is 0 Å². The van der Waals surface area contributed by atoms with E-state index in [-0.39, 0.29) is 6.42 Å². The molecule has 0 aromatic heterocycles. The molecule has 7 heteroatoms. The fourth-order valence-electron chi connectivity index (χ4n) is 1.08. The number of halogens is 3. The van der Waals surface area contributed by atoms with Gasteiger partial charge in [-0.25, -0.2) is 0 Å². The van der Waals surface area contributed by atoms with Crippen LogP contribution in [-0.4, -0.2) is 29.7 Å². The van der Waals surface area contributed by atoms with E-state index in [1.54, 1.807) is 5.32 Å². The second kappa shape index (κ2) is 3.47. The van der Waals surface area contributed by atoms with Gasteiger partial charge in [-0.3, -0.25) is 9.59 Å². The number of hydrogen-bond donors (Lipinski definition) is 2. The Hall–Kier alpha value is -1.27. The second-order valence-corrected chi connectivity index (χ2v) is 3.12. The molecule has 0 radical (unpaired) electrons. The van der Waals surface area contributed by atoms with Crippen molar-refractivity contribution in [1.82, 2.24) is 5.32 Å². The van der Waals surface area contributed by atoms with Gasteiger partial charge in [-0.15, -0.1) is 0 Å². The molecule has 0 aliphatic heterocycles. The van der Waals surface area contributed by atoms with Crippen molar-refractivity contribution in [3.63, 3.8) is 0 Å². The van der Waals surface area contributed by atoms with Gasteiger partial charge < -0.3 is 10.4 Å². The molecule has 1 fully saturated rings. The molecular weight excluding hydrogens is 203 g/mol. The third kappa shape index (κ3) is 2.90. The molecule has 1 amide bonds. The molecular formula is C7H8F3NO3. The van der Waals surface area contributed by atoms with Gasteiger partial charge in [-0.05, 0) is 6.42 Å². The Morgan fingerprint density at radius 1 is 1.36 bits per heavy atom. The standard InChI is InChI=1S/C7H8F3NO3/c8-7(9,10)2-11-5(12)3-1-4(3)6(13)14/h3-4H,1-2H2,(H,11,12)(H,13,14)/t3-,4+/m1/s1. The fourth-order valence-corrected chi connectivity index (χ4v) is 1.08. The third-order valence-corrected chi connectivity index (χ3v) is 1.91. The van der Waals surface area contributed by atoms with Crippen molar-refractivity contribution in [2.45, 2.75) is 12.6 Å². The maximum absolute atomic E-state index is 11.6. The van der Waals surface area contributed by atoms with Crippen molar-refractivity contribution in [3.8, 4) is 0 Å². The lowest BCUT2D eigenvalue weighted by molar-refractivity contribution is -0.142. The molecule has 0 aromatic carbocycles. The van der Waals surface area contributed by atoms with Gasteiger partial charge in [-0.1, -0.05) is 0 Å².